The summed E-state index contributed by atoms with van der Waals surface area (Å²) in [7, 11) is 0. The Kier molecular flexibility index (Phi) is 9.85. The largest absolute Gasteiger partial charge is 0.507 e. The van der Waals surface area contributed by atoms with Gasteiger partial charge in [0.25, 0.3) is 5.78 Å². The lowest BCUT2D eigenvalue weighted by Crippen LogP contribution is -2.29. The van der Waals surface area contributed by atoms with E-state index in [2.05, 4.69) is 31.0 Å². The van der Waals surface area contributed by atoms with Gasteiger partial charge >= 0.3 is 5.91 Å². The van der Waals surface area contributed by atoms with Crippen LogP contribution in [-0.4, -0.2) is 33.6 Å². The fraction of sp³-hybridized carbons (Fsp3) is 0.273. The van der Waals surface area contributed by atoms with E-state index in [9.17, 15) is 14.7 Å². The summed E-state index contributed by atoms with van der Waals surface area (Å²) in [6, 6.07) is 21.3. The maximum atomic E-state index is 13.6. The number of benzene rings is 3. The number of hydrogen-bond acceptors (Lipinski definition) is 8. The number of carbonyl (C=O) groups is 2. The van der Waals surface area contributed by atoms with Gasteiger partial charge in [-0.05, 0) is 59.4 Å². The quantitative estimate of drug-likeness (QED) is 0.0442. The minimum atomic E-state index is -0.879. The number of aliphatic hydroxyl groups is 1. The molecule has 1 saturated heterocycles. The first-order chi connectivity index (χ1) is 20.8. The van der Waals surface area contributed by atoms with Crippen LogP contribution in [0.3, 0.4) is 0 Å². The topological polar surface area (TPSA) is 92.6 Å². The van der Waals surface area contributed by atoms with E-state index in [1.807, 2.05) is 48.5 Å². The normalized spacial score (nSPS) is 16.3. The first-order valence-electron chi connectivity index (χ1n) is 14.1. The van der Waals surface area contributed by atoms with Crippen LogP contribution in [0.5, 0.6) is 5.75 Å². The molecule has 222 valence electrons. The molecule has 1 N–H and O–H groups in total. The standard InChI is InChI=1S/C33H32ClN3O4S2/c1-4-5-18-41-25-16-14-23(15-17-25)29(38)27-28(22-12-10-21(11-13-22)20(2)3)37(31(40)30(27)39)32-35-36-33(43-32)42-19-24-8-6-7-9-26(24)34/h6-17,20,28,38H,4-5,18-19H2,1-3H3. The Bertz CT molecular complexity index is 1630. The number of anilines is 1. The Morgan fingerprint density at radius 3 is 2.44 bits per heavy atom. The van der Waals surface area contributed by atoms with Gasteiger partial charge in [0.05, 0.1) is 18.2 Å². The number of nitrogens with zero attached hydrogens (tertiary/aromatic N) is 3. The number of hydrogen-bond donors (Lipinski definition) is 1. The van der Waals surface area contributed by atoms with Gasteiger partial charge in [0.2, 0.25) is 5.13 Å². The summed E-state index contributed by atoms with van der Waals surface area (Å²) in [6.07, 6.45) is 1.96. The third-order valence-corrected chi connectivity index (χ3v) is 9.64. The number of amides is 1. The van der Waals surface area contributed by atoms with Crippen molar-refractivity contribution in [3.63, 3.8) is 0 Å². The van der Waals surface area contributed by atoms with Gasteiger partial charge < -0.3 is 9.84 Å². The molecule has 1 atom stereocenters. The number of halogens is 1. The Morgan fingerprint density at radius 1 is 1.05 bits per heavy atom. The summed E-state index contributed by atoms with van der Waals surface area (Å²) in [6.45, 7) is 6.88. The molecule has 3 aromatic carbocycles. The van der Waals surface area contributed by atoms with E-state index in [4.69, 9.17) is 16.3 Å². The highest BCUT2D eigenvalue weighted by Crippen LogP contribution is 2.44. The van der Waals surface area contributed by atoms with Gasteiger partial charge in [-0.3, -0.25) is 14.5 Å². The van der Waals surface area contributed by atoms with Crippen molar-refractivity contribution in [3.05, 3.63) is 106 Å². The number of Topliss-reactive ketones (excluding diaryl/α,β-unsaturated/α-hetero) is 1. The zero-order valence-electron chi connectivity index (χ0n) is 24.1. The summed E-state index contributed by atoms with van der Waals surface area (Å²) >= 11 is 8.98. The molecular formula is C33H32ClN3O4S2. The second kappa shape index (κ2) is 13.8. The highest BCUT2D eigenvalue weighted by atomic mass is 35.5. The van der Waals surface area contributed by atoms with Crippen molar-refractivity contribution in [2.24, 2.45) is 0 Å². The number of carbonyl (C=O) groups excluding carboxylic acids is 2. The molecule has 4 aromatic rings. The van der Waals surface area contributed by atoms with Gasteiger partial charge in [0, 0.05) is 16.3 Å². The molecule has 0 radical (unpaired) electrons. The molecule has 1 unspecified atom stereocenters. The van der Waals surface area contributed by atoms with Crippen LogP contribution in [0.25, 0.3) is 5.76 Å². The fourth-order valence-electron chi connectivity index (χ4n) is 4.72. The number of ketones is 1. The van der Waals surface area contributed by atoms with Gasteiger partial charge in [-0.15, -0.1) is 10.2 Å². The molecule has 0 aliphatic carbocycles. The maximum absolute atomic E-state index is 13.6. The van der Waals surface area contributed by atoms with Gasteiger partial charge in [0.15, 0.2) is 4.34 Å². The van der Waals surface area contributed by atoms with Crippen molar-refractivity contribution >= 4 is 57.3 Å². The predicted molar refractivity (Wildman–Crippen MR) is 173 cm³/mol. The first-order valence-corrected chi connectivity index (χ1v) is 16.3. The molecule has 1 amide bonds. The van der Waals surface area contributed by atoms with Crippen LogP contribution < -0.4 is 9.64 Å². The lowest BCUT2D eigenvalue weighted by Gasteiger charge is -2.23. The predicted octanol–water partition coefficient (Wildman–Crippen LogP) is 8.41. The average Bonchev–Trinajstić information content (AvgIpc) is 3.58. The van der Waals surface area contributed by atoms with Gasteiger partial charge in [0.1, 0.15) is 11.5 Å². The van der Waals surface area contributed by atoms with E-state index in [-0.39, 0.29) is 16.5 Å². The van der Waals surface area contributed by atoms with Crippen molar-refractivity contribution in [2.75, 3.05) is 11.5 Å². The zero-order chi connectivity index (χ0) is 30.5. The zero-order valence-corrected chi connectivity index (χ0v) is 26.5. The number of aromatic nitrogens is 2. The summed E-state index contributed by atoms with van der Waals surface area (Å²) in [5.74, 6) is -0.249. The summed E-state index contributed by atoms with van der Waals surface area (Å²) < 4.78 is 6.38. The summed E-state index contributed by atoms with van der Waals surface area (Å²) in [5.41, 5.74) is 3.18. The minimum absolute atomic E-state index is 0.00224. The summed E-state index contributed by atoms with van der Waals surface area (Å²) in [4.78, 5) is 28.5. The second-order valence-corrected chi connectivity index (χ2v) is 13.0. The minimum Gasteiger partial charge on any atom is -0.507 e. The van der Waals surface area contributed by atoms with E-state index in [0.717, 1.165) is 24.0 Å². The molecule has 10 heteroatoms. The van der Waals surface area contributed by atoms with Crippen LogP contribution in [0.2, 0.25) is 5.02 Å². The Balaban J connectivity index is 1.50. The number of thioether (sulfide) groups is 1. The van der Waals surface area contributed by atoms with Crippen molar-refractivity contribution in [1.29, 1.82) is 0 Å². The third kappa shape index (κ3) is 6.79. The smallest absolute Gasteiger partial charge is 0.301 e. The Hall–Kier alpha value is -3.66. The fourth-order valence-corrected chi connectivity index (χ4v) is 6.87. The number of ether oxygens (including phenoxy) is 1. The number of rotatable bonds is 11. The molecule has 0 spiro atoms. The second-order valence-electron chi connectivity index (χ2n) is 10.4. The molecule has 2 heterocycles. The van der Waals surface area contributed by atoms with Gasteiger partial charge in [-0.2, -0.15) is 0 Å². The number of unbranched alkanes of at least 4 members (excludes halogenated alkanes) is 1. The molecule has 43 heavy (non-hydrogen) atoms. The van der Waals surface area contributed by atoms with Crippen LogP contribution in [0, 0.1) is 0 Å². The SMILES string of the molecule is CCCCOc1ccc(C(O)=C2C(=O)C(=O)N(c3nnc(SCc4ccccc4Cl)s3)C2c2ccc(C(C)C)cc2)cc1. The van der Waals surface area contributed by atoms with E-state index in [0.29, 0.717) is 44.5 Å². The average molecular weight is 634 g/mol. The van der Waals surface area contributed by atoms with Crippen LogP contribution in [0.1, 0.15) is 67.8 Å². The maximum Gasteiger partial charge on any atom is 0.301 e. The van der Waals surface area contributed by atoms with E-state index >= 15 is 0 Å². The van der Waals surface area contributed by atoms with Crippen LogP contribution >= 0.6 is 34.7 Å². The number of aliphatic hydroxyl groups excluding tert-OH is 1. The lowest BCUT2D eigenvalue weighted by atomic mass is 9.93. The molecule has 1 fully saturated rings. The molecule has 1 aliphatic rings. The molecule has 5 rings (SSSR count). The van der Waals surface area contributed by atoms with Crippen molar-refractivity contribution in [3.8, 4) is 5.75 Å². The van der Waals surface area contributed by atoms with E-state index in [1.165, 1.54) is 28.0 Å². The van der Waals surface area contributed by atoms with Crippen molar-refractivity contribution in [1.82, 2.24) is 10.2 Å². The lowest BCUT2D eigenvalue weighted by molar-refractivity contribution is -0.132. The van der Waals surface area contributed by atoms with E-state index in [1.54, 1.807) is 24.3 Å². The Morgan fingerprint density at radius 2 is 1.77 bits per heavy atom. The highest BCUT2D eigenvalue weighted by Gasteiger charge is 2.48. The Labute approximate surface area is 264 Å². The summed E-state index contributed by atoms with van der Waals surface area (Å²) in [5, 5.41) is 21.0. The molecular weight excluding hydrogens is 602 g/mol. The van der Waals surface area contributed by atoms with E-state index < -0.39 is 17.7 Å². The third-order valence-electron chi connectivity index (χ3n) is 7.17. The first kappa shape index (κ1) is 30.8. The molecule has 1 aromatic heterocycles. The van der Waals surface area contributed by atoms with Gasteiger partial charge in [-0.25, -0.2) is 0 Å². The van der Waals surface area contributed by atoms with Gasteiger partial charge in [-0.1, -0.05) is 104 Å². The van der Waals surface area contributed by atoms with Crippen molar-refractivity contribution in [2.45, 2.75) is 55.7 Å². The van der Waals surface area contributed by atoms with Crippen molar-refractivity contribution < 1.29 is 19.4 Å². The molecule has 0 bridgehead atoms. The van der Waals surface area contributed by atoms with Crippen LogP contribution in [-0.2, 0) is 15.3 Å². The monoisotopic (exact) mass is 633 g/mol. The highest BCUT2D eigenvalue weighted by molar-refractivity contribution is 8.00. The van der Waals surface area contributed by atoms with Crippen LogP contribution in [0.15, 0.2) is 82.7 Å². The molecule has 0 saturated carbocycles. The van der Waals surface area contributed by atoms with Crippen LogP contribution in [0.4, 0.5) is 5.13 Å². The molecule has 1 aliphatic heterocycles. The molecule has 7 nitrogen and oxygen atoms in total.